The number of halogens is 2. The number of nitrogens with zero attached hydrogens (tertiary/aromatic N) is 1. The number of oxime groups is 1. The summed E-state index contributed by atoms with van der Waals surface area (Å²) in [5, 5.41) is 5.08. The molecular weight excluding hydrogens is 403 g/mol. The average Bonchev–Trinajstić information content (AvgIpc) is 2.68. The summed E-state index contributed by atoms with van der Waals surface area (Å²) in [6, 6.07) is 10.1. The number of carbonyl (C=O) groups is 1. The van der Waals surface area contributed by atoms with Gasteiger partial charge in [0.05, 0.1) is 30.0 Å². The largest absolute Gasteiger partial charge is 0.468 e. The minimum Gasteiger partial charge on any atom is -0.468 e. The van der Waals surface area contributed by atoms with E-state index in [0.29, 0.717) is 21.3 Å². The lowest BCUT2D eigenvalue weighted by Gasteiger charge is -2.19. The van der Waals surface area contributed by atoms with E-state index in [-0.39, 0.29) is 6.61 Å². The second-order valence-electron chi connectivity index (χ2n) is 6.00. The predicted octanol–water partition coefficient (Wildman–Crippen LogP) is 4.61. The van der Waals surface area contributed by atoms with E-state index >= 15 is 0 Å². The summed E-state index contributed by atoms with van der Waals surface area (Å²) in [4.78, 5) is 22.7. The number of hydroxylamine groups is 1. The Kier molecular flexibility index (Phi) is 8.26. The SMILES string of the molecule is CONC(C(=O)OC)c1cccc(C)c1CO/N=C(\C)c1ccc(Cl)c(Cl)c1. The molecule has 6 nitrogen and oxygen atoms in total. The molecule has 1 N–H and O–H groups in total. The van der Waals surface area contributed by atoms with Crippen LogP contribution in [0.5, 0.6) is 0 Å². The summed E-state index contributed by atoms with van der Waals surface area (Å²) < 4.78 is 4.86. The van der Waals surface area contributed by atoms with Crippen molar-refractivity contribution in [1.29, 1.82) is 0 Å². The quantitative estimate of drug-likeness (QED) is 0.380. The number of hydrogen-bond acceptors (Lipinski definition) is 6. The molecule has 28 heavy (non-hydrogen) atoms. The highest BCUT2D eigenvalue weighted by Gasteiger charge is 2.25. The predicted molar refractivity (Wildman–Crippen MR) is 110 cm³/mol. The van der Waals surface area contributed by atoms with E-state index in [9.17, 15) is 4.79 Å². The molecule has 0 saturated carbocycles. The first kappa shape index (κ1) is 22.2. The van der Waals surface area contributed by atoms with Crippen molar-refractivity contribution in [1.82, 2.24) is 5.48 Å². The third kappa shape index (κ3) is 5.45. The van der Waals surface area contributed by atoms with Gasteiger partial charge in [-0.1, -0.05) is 52.6 Å². The molecule has 0 aliphatic carbocycles. The lowest BCUT2D eigenvalue weighted by atomic mass is 9.97. The first-order chi connectivity index (χ1) is 13.4. The van der Waals surface area contributed by atoms with Crippen molar-refractivity contribution >= 4 is 34.9 Å². The van der Waals surface area contributed by atoms with Crippen LogP contribution in [0.25, 0.3) is 0 Å². The van der Waals surface area contributed by atoms with Gasteiger partial charge >= 0.3 is 5.97 Å². The maximum absolute atomic E-state index is 12.1. The Morgan fingerprint density at radius 3 is 2.57 bits per heavy atom. The standard InChI is InChI=1S/C20H22Cl2N2O4/c1-12-6-5-7-15(19(24-27-4)20(25)26-3)16(12)11-28-23-13(2)14-8-9-17(21)18(22)10-14/h5-10,19,24H,11H2,1-4H3/b23-13+. The van der Waals surface area contributed by atoms with Crippen molar-refractivity contribution < 1.29 is 19.2 Å². The summed E-state index contributed by atoms with van der Waals surface area (Å²) in [6.07, 6.45) is 0. The third-order valence-electron chi connectivity index (χ3n) is 4.18. The first-order valence-corrected chi connectivity index (χ1v) is 9.21. The number of esters is 1. The van der Waals surface area contributed by atoms with E-state index in [1.165, 1.54) is 14.2 Å². The fourth-order valence-electron chi connectivity index (χ4n) is 2.63. The molecule has 0 saturated heterocycles. The highest BCUT2D eigenvalue weighted by molar-refractivity contribution is 6.42. The van der Waals surface area contributed by atoms with Crippen molar-refractivity contribution in [2.75, 3.05) is 14.2 Å². The molecule has 2 aromatic rings. The van der Waals surface area contributed by atoms with Gasteiger partial charge in [-0.25, -0.2) is 4.79 Å². The summed E-state index contributed by atoms with van der Waals surface area (Å²) in [6.45, 7) is 3.90. The number of rotatable bonds is 8. The van der Waals surface area contributed by atoms with Crippen LogP contribution in [0, 0.1) is 6.92 Å². The Bertz CT molecular complexity index is 871. The number of methoxy groups -OCH3 is 1. The summed E-state index contributed by atoms with van der Waals surface area (Å²) in [5.41, 5.74) is 6.56. The van der Waals surface area contributed by atoms with E-state index in [2.05, 4.69) is 10.6 Å². The van der Waals surface area contributed by atoms with E-state index in [4.69, 9.17) is 37.6 Å². The number of nitrogens with one attached hydrogen (secondary N) is 1. The fraction of sp³-hybridized carbons (Fsp3) is 0.300. The topological polar surface area (TPSA) is 69.2 Å². The van der Waals surface area contributed by atoms with Gasteiger partial charge in [-0.15, -0.1) is 0 Å². The molecule has 0 amide bonds. The highest BCUT2D eigenvalue weighted by Crippen LogP contribution is 2.25. The number of benzene rings is 2. The van der Waals surface area contributed by atoms with Gasteiger partial charge in [0.25, 0.3) is 0 Å². The van der Waals surface area contributed by atoms with Crippen LogP contribution >= 0.6 is 23.2 Å². The Balaban J connectivity index is 2.23. The van der Waals surface area contributed by atoms with E-state index in [0.717, 1.165) is 16.7 Å². The minimum absolute atomic E-state index is 0.166. The maximum Gasteiger partial charge on any atom is 0.329 e. The molecule has 0 aliphatic rings. The zero-order valence-electron chi connectivity index (χ0n) is 16.1. The number of hydrogen-bond donors (Lipinski definition) is 1. The molecule has 0 spiro atoms. The molecule has 0 fully saturated rings. The zero-order valence-corrected chi connectivity index (χ0v) is 17.6. The van der Waals surface area contributed by atoms with Crippen LogP contribution in [-0.2, 0) is 25.8 Å². The van der Waals surface area contributed by atoms with Crippen LogP contribution in [0.4, 0.5) is 0 Å². The van der Waals surface area contributed by atoms with Crippen LogP contribution < -0.4 is 5.48 Å². The van der Waals surface area contributed by atoms with E-state index < -0.39 is 12.0 Å². The Labute approximate surface area is 174 Å². The average molecular weight is 425 g/mol. The van der Waals surface area contributed by atoms with Gasteiger partial charge in [-0.3, -0.25) is 0 Å². The van der Waals surface area contributed by atoms with E-state index in [1.807, 2.05) is 38.1 Å². The van der Waals surface area contributed by atoms with Gasteiger partial charge in [0, 0.05) is 11.1 Å². The molecular formula is C20H22Cl2N2O4. The van der Waals surface area contributed by atoms with Crippen molar-refractivity contribution in [2.45, 2.75) is 26.5 Å². The number of ether oxygens (including phenoxy) is 1. The van der Waals surface area contributed by atoms with Gasteiger partial charge in [0.2, 0.25) is 0 Å². The Morgan fingerprint density at radius 1 is 1.18 bits per heavy atom. The van der Waals surface area contributed by atoms with Gasteiger partial charge in [0.15, 0.2) is 6.04 Å². The molecule has 0 radical (unpaired) electrons. The van der Waals surface area contributed by atoms with Gasteiger partial charge in [0.1, 0.15) is 6.61 Å². The van der Waals surface area contributed by atoms with Crippen LogP contribution in [-0.4, -0.2) is 25.9 Å². The van der Waals surface area contributed by atoms with Crippen LogP contribution in [0.2, 0.25) is 10.0 Å². The molecule has 150 valence electrons. The molecule has 2 rings (SSSR count). The van der Waals surface area contributed by atoms with Crippen molar-refractivity contribution in [3.63, 3.8) is 0 Å². The van der Waals surface area contributed by atoms with Gasteiger partial charge in [-0.05, 0) is 37.1 Å². The van der Waals surface area contributed by atoms with Gasteiger partial charge in [-0.2, -0.15) is 5.48 Å². The van der Waals surface area contributed by atoms with Crippen LogP contribution in [0.1, 0.15) is 35.2 Å². The minimum atomic E-state index is -0.784. The van der Waals surface area contributed by atoms with E-state index in [1.54, 1.807) is 12.1 Å². The van der Waals surface area contributed by atoms with Crippen LogP contribution in [0.3, 0.4) is 0 Å². The lowest BCUT2D eigenvalue weighted by molar-refractivity contribution is -0.147. The smallest absolute Gasteiger partial charge is 0.329 e. The second kappa shape index (κ2) is 10.4. The van der Waals surface area contributed by atoms with Crippen molar-refractivity contribution in [2.24, 2.45) is 5.16 Å². The Hall–Kier alpha value is -2.12. The third-order valence-corrected chi connectivity index (χ3v) is 4.92. The first-order valence-electron chi connectivity index (χ1n) is 8.45. The van der Waals surface area contributed by atoms with Crippen molar-refractivity contribution in [3.8, 4) is 0 Å². The number of carbonyl (C=O) groups excluding carboxylic acids is 1. The molecule has 0 heterocycles. The maximum atomic E-state index is 12.1. The Morgan fingerprint density at radius 2 is 1.93 bits per heavy atom. The molecule has 2 aromatic carbocycles. The molecule has 0 bridgehead atoms. The summed E-state index contributed by atoms with van der Waals surface area (Å²) >= 11 is 12.0. The molecule has 1 unspecified atom stereocenters. The number of aryl methyl sites for hydroxylation is 1. The second-order valence-corrected chi connectivity index (χ2v) is 6.81. The van der Waals surface area contributed by atoms with Crippen molar-refractivity contribution in [3.05, 3.63) is 68.7 Å². The molecule has 0 aromatic heterocycles. The fourth-order valence-corrected chi connectivity index (χ4v) is 2.93. The molecule has 8 heteroatoms. The monoisotopic (exact) mass is 424 g/mol. The normalized spacial score (nSPS) is 12.6. The molecule has 1 atom stereocenters. The van der Waals surface area contributed by atoms with Gasteiger partial charge < -0.3 is 14.4 Å². The lowest BCUT2D eigenvalue weighted by Crippen LogP contribution is -2.30. The summed E-state index contributed by atoms with van der Waals surface area (Å²) in [7, 11) is 2.76. The van der Waals surface area contributed by atoms with Crippen LogP contribution in [0.15, 0.2) is 41.6 Å². The summed E-state index contributed by atoms with van der Waals surface area (Å²) in [5.74, 6) is -0.468. The highest BCUT2D eigenvalue weighted by atomic mass is 35.5. The molecule has 0 aliphatic heterocycles. The zero-order chi connectivity index (χ0) is 20.7.